The first-order valence-corrected chi connectivity index (χ1v) is 5.82. The number of hydrogen-bond donors (Lipinski definition) is 2. The molecule has 0 atom stereocenters. The Labute approximate surface area is 119 Å². The standard InChI is InChI=1S/C13H12N4O4/c1-20-12-6-8(17(18)19)2-3-11(12)21-9-4-5-16-10(7-9)13(14)15/h2-7H,1H3,(H3,14,15). The summed E-state index contributed by atoms with van der Waals surface area (Å²) >= 11 is 0. The van der Waals surface area contributed by atoms with Crippen molar-refractivity contribution in [1.29, 1.82) is 5.41 Å². The topological polar surface area (TPSA) is 124 Å². The van der Waals surface area contributed by atoms with Crippen molar-refractivity contribution in [3.8, 4) is 17.2 Å². The Morgan fingerprint density at radius 2 is 2.10 bits per heavy atom. The maximum atomic E-state index is 10.7. The molecule has 1 aromatic heterocycles. The van der Waals surface area contributed by atoms with Crippen LogP contribution in [0, 0.1) is 15.5 Å². The number of hydrogen-bond acceptors (Lipinski definition) is 6. The first-order chi connectivity index (χ1) is 10.0. The van der Waals surface area contributed by atoms with Crippen LogP contribution >= 0.6 is 0 Å². The highest BCUT2D eigenvalue weighted by molar-refractivity contribution is 5.93. The molecule has 1 heterocycles. The van der Waals surface area contributed by atoms with E-state index in [-0.39, 0.29) is 23.0 Å². The number of methoxy groups -OCH3 is 1. The van der Waals surface area contributed by atoms with E-state index in [1.807, 2.05) is 0 Å². The Balaban J connectivity index is 2.33. The highest BCUT2D eigenvalue weighted by Crippen LogP contribution is 2.34. The van der Waals surface area contributed by atoms with Crippen LogP contribution in [0.1, 0.15) is 5.69 Å². The van der Waals surface area contributed by atoms with Crippen LogP contribution in [-0.4, -0.2) is 22.9 Å². The van der Waals surface area contributed by atoms with Gasteiger partial charge in [-0.2, -0.15) is 0 Å². The van der Waals surface area contributed by atoms with Gasteiger partial charge in [-0.3, -0.25) is 20.5 Å². The Morgan fingerprint density at radius 3 is 2.71 bits per heavy atom. The Hall–Kier alpha value is -3.16. The van der Waals surface area contributed by atoms with Crippen molar-refractivity contribution in [3.05, 3.63) is 52.3 Å². The second kappa shape index (κ2) is 5.87. The SMILES string of the molecule is COc1cc([N+](=O)[O-])ccc1Oc1ccnc(C(=N)N)c1. The third kappa shape index (κ3) is 3.24. The van der Waals surface area contributed by atoms with Crippen LogP contribution in [0.3, 0.4) is 0 Å². The Kier molecular flexibility index (Phi) is 3.98. The number of ether oxygens (including phenoxy) is 2. The van der Waals surface area contributed by atoms with Gasteiger partial charge in [0.15, 0.2) is 11.5 Å². The van der Waals surface area contributed by atoms with Gasteiger partial charge in [0.2, 0.25) is 0 Å². The molecule has 0 saturated carbocycles. The fraction of sp³-hybridized carbons (Fsp3) is 0.0769. The molecule has 2 aromatic rings. The van der Waals surface area contributed by atoms with E-state index in [9.17, 15) is 10.1 Å². The number of amidine groups is 1. The number of pyridine rings is 1. The molecule has 3 N–H and O–H groups in total. The summed E-state index contributed by atoms with van der Waals surface area (Å²) in [6, 6.07) is 7.08. The quantitative estimate of drug-likeness (QED) is 0.375. The minimum atomic E-state index is -0.521. The molecule has 0 radical (unpaired) electrons. The normalized spacial score (nSPS) is 9.95. The van der Waals surface area contributed by atoms with Crippen molar-refractivity contribution in [2.24, 2.45) is 5.73 Å². The van der Waals surface area contributed by atoms with E-state index in [2.05, 4.69) is 4.98 Å². The Morgan fingerprint density at radius 1 is 1.33 bits per heavy atom. The van der Waals surface area contributed by atoms with Gasteiger partial charge in [0.05, 0.1) is 18.1 Å². The maximum absolute atomic E-state index is 10.7. The number of nitro groups is 1. The lowest BCUT2D eigenvalue weighted by atomic mass is 10.2. The summed E-state index contributed by atoms with van der Waals surface area (Å²) in [7, 11) is 1.39. The molecule has 0 aliphatic heterocycles. The van der Waals surface area contributed by atoms with Gasteiger partial charge in [0.25, 0.3) is 5.69 Å². The lowest BCUT2D eigenvalue weighted by Gasteiger charge is -2.10. The van der Waals surface area contributed by atoms with Crippen molar-refractivity contribution >= 4 is 11.5 Å². The number of nitrogens with two attached hydrogens (primary N) is 1. The molecule has 8 nitrogen and oxygen atoms in total. The molecule has 0 spiro atoms. The number of non-ortho nitro benzene ring substituents is 1. The zero-order chi connectivity index (χ0) is 15.4. The minimum absolute atomic E-state index is 0.0987. The van der Waals surface area contributed by atoms with Gasteiger partial charge in [0.1, 0.15) is 17.3 Å². The molecule has 0 unspecified atom stereocenters. The number of nitrogens with one attached hydrogen (secondary N) is 1. The highest BCUT2D eigenvalue weighted by atomic mass is 16.6. The van der Waals surface area contributed by atoms with Gasteiger partial charge in [-0.15, -0.1) is 0 Å². The number of benzene rings is 1. The van der Waals surface area contributed by atoms with E-state index in [0.29, 0.717) is 11.5 Å². The molecule has 0 bridgehead atoms. The number of rotatable bonds is 5. The van der Waals surface area contributed by atoms with Gasteiger partial charge < -0.3 is 15.2 Å². The summed E-state index contributed by atoms with van der Waals surface area (Å²) in [5, 5.41) is 18.0. The van der Waals surface area contributed by atoms with Crippen LogP contribution < -0.4 is 15.2 Å². The molecule has 0 fully saturated rings. The second-order valence-corrected chi connectivity index (χ2v) is 3.98. The van der Waals surface area contributed by atoms with Crippen LogP contribution in [0.4, 0.5) is 5.69 Å². The van der Waals surface area contributed by atoms with Crippen LogP contribution in [0.15, 0.2) is 36.5 Å². The monoisotopic (exact) mass is 288 g/mol. The number of nitrogen functional groups attached to an aromatic ring is 1. The van der Waals surface area contributed by atoms with Crippen molar-refractivity contribution in [1.82, 2.24) is 4.98 Å². The molecule has 2 rings (SSSR count). The summed E-state index contributed by atoms with van der Waals surface area (Å²) in [6.07, 6.45) is 1.45. The highest BCUT2D eigenvalue weighted by Gasteiger charge is 2.13. The fourth-order valence-electron chi connectivity index (χ4n) is 1.60. The summed E-state index contributed by atoms with van der Waals surface area (Å²) in [4.78, 5) is 14.1. The Bertz CT molecular complexity index is 702. The van der Waals surface area contributed by atoms with E-state index in [1.165, 1.54) is 37.6 Å². The van der Waals surface area contributed by atoms with Gasteiger partial charge in [0, 0.05) is 18.3 Å². The largest absolute Gasteiger partial charge is 0.493 e. The minimum Gasteiger partial charge on any atom is -0.493 e. The first kappa shape index (κ1) is 14.3. The van der Waals surface area contributed by atoms with E-state index in [4.69, 9.17) is 20.6 Å². The molecule has 0 saturated heterocycles. The lowest BCUT2D eigenvalue weighted by molar-refractivity contribution is -0.384. The molecule has 0 aliphatic rings. The number of aromatic nitrogens is 1. The van der Waals surface area contributed by atoms with E-state index in [0.717, 1.165) is 0 Å². The fourth-order valence-corrected chi connectivity index (χ4v) is 1.60. The van der Waals surface area contributed by atoms with E-state index >= 15 is 0 Å². The zero-order valence-corrected chi connectivity index (χ0v) is 11.1. The smallest absolute Gasteiger partial charge is 0.273 e. The van der Waals surface area contributed by atoms with Gasteiger partial charge >= 0.3 is 0 Å². The van der Waals surface area contributed by atoms with Crippen LogP contribution in [0.2, 0.25) is 0 Å². The average Bonchev–Trinajstić information content (AvgIpc) is 2.47. The third-order valence-corrected chi connectivity index (χ3v) is 2.59. The predicted molar refractivity (Wildman–Crippen MR) is 75.0 cm³/mol. The van der Waals surface area contributed by atoms with Crippen LogP contribution in [0.5, 0.6) is 17.2 Å². The second-order valence-electron chi connectivity index (χ2n) is 3.98. The molecule has 0 aliphatic carbocycles. The van der Waals surface area contributed by atoms with Crippen molar-refractivity contribution < 1.29 is 14.4 Å². The molecule has 8 heteroatoms. The summed E-state index contributed by atoms with van der Waals surface area (Å²) < 4.78 is 10.7. The summed E-state index contributed by atoms with van der Waals surface area (Å²) in [5.74, 6) is 0.743. The predicted octanol–water partition coefficient (Wildman–Crippen LogP) is 2.07. The van der Waals surface area contributed by atoms with Crippen LogP contribution in [-0.2, 0) is 0 Å². The molecular weight excluding hydrogens is 276 g/mol. The summed E-state index contributed by atoms with van der Waals surface area (Å²) in [6.45, 7) is 0. The van der Waals surface area contributed by atoms with E-state index < -0.39 is 4.92 Å². The molecule has 108 valence electrons. The van der Waals surface area contributed by atoms with Gasteiger partial charge in [-0.25, -0.2) is 0 Å². The third-order valence-electron chi connectivity index (χ3n) is 2.59. The average molecular weight is 288 g/mol. The number of nitro benzene ring substituents is 1. The lowest BCUT2D eigenvalue weighted by Crippen LogP contribution is -2.12. The van der Waals surface area contributed by atoms with Crippen LogP contribution in [0.25, 0.3) is 0 Å². The zero-order valence-electron chi connectivity index (χ0n) is 11.1. The van der Waals surface area contributed by atoms with Crippen molar-refractivity contribution in [2.75, 3.05) is 7.11 Å². The van der Waals surface area contributed by atoms with E-state index in [1.54, 1.807) is 6.07 Å². The molecule has 21 heavy (non-hydrogen) atoms. The molecule has 0 amide bonds. The van der Waals surface area contributed by atoms with Gasteiger partial charge in [-0.1, -0.05) is 0 Å². The van der Waals surface area contributed by atoms with Crippen molar-refractivity contribution in [3.63, 3.8) is 0 Å². The molecule has 1 aromatic carbocycles. The number of nitrogens with zero attached hydrogens (tertiary/aromatic N) is 2. The van der Waals surface area contributed by atoms with Crippen molar-refractivity contribution in [2.45, 2.75) is 0 Å². The summed E-state index contributed by atoms with van der Waals surface area (Å²) in [5.41, 5.74) is 5.52. The first-order valence-electron chi connectivity index (χ1n) is 5.82. The maximum Gasteiger partial charge on any atom is 0.273 e. The van der Waals surface area contributed by atoms with Gasteiger partial charge in [-0.05, 0) is 12.1 Å². The molecular formula is C13H12N4O4.